The maximum Gasteiger partial charge on any atom is 0.265 e. The van der Waals surface area contributed by atoms with Crippen molar-refractivity contribution in [2.45, 2.75) is 31.5 Å². The maximum absolute atomic E-state index is 12.2. The van der Waals surface area contributed by atoms with Crippen LogP contribution in [0.25, 0.3) is 0 Å². The van der Waals surface area contributed by atoms with Crippen LogP contribution in [0.1, 0.15) is 34.4 Å². The van der Waals surface area contributed by atoms with Gasteiger partial charge in [-0.05, 0) is 25.7 Å². The lowest BCUT2D eigenvalue weighted by Gasteiger charge is -2.32. The van der Waals surface area contributed by atoms with Crippen molar-refractivity contribution in [1.82, 2.24) is 9.88 Å². The van der Waals surface area contributed by atoms with Crippen LogP contribution in [0.2, 0.25) is 0 Å². The fourth-order valence-electron chi connectivity index (χ4n) is 2.18. The average molecular weight is 317 g/mol. The van der Waals surface area contributed by atoms with Gasteiger partial charge in [-0.25, -0.2) is 4.98 Å². The summed E-state index contributed by atoms with van der Waals surface area (Å²) in [7, 11) is 0. The van der Waals surface area contributed by atoms with Crippen LogP contribution in [0.5, 0.6) is 0 Å². The molecular formula is C12H17BrN2OS. The van der Waals surface area contributed by atoms with Crippen LogP contribution in [-0.2, 0) is 0 Å². The topological polar surface area (TPSA) is 33.2 Å². The SMILES string of the molecule is Cc1ncc(C(=O)N2CCC(C(C)Br)CC2)s1. The van der Waals surface area contributed by atoms with Crippen molar-refractivity contribution in [3.63, 3.8) is 0 Å². The predicted molar refractivity (Wildman–Crippen MR) is 73.9 cm³/mol. The number of amides is 1. The monoisotopic (exact) mass is 316 g/mol. The number of halogens is 1. The summed E-state index contributed by atoms with van der Waals surface area (Å²) >= 11 is 5.11. The number of aryl methyl sites for hydroxylation is 1. The summed E-state index contributed by atoms with van der Waals surface area (Å²) in [5, 5.41) is 0.956. The van der Waals surface area contributed by atoms with Gasteiger partial charge in [0, 0.05) is 17.9 Å². The second kappa shape index (κ2) is 5.48. The molecule has 0 N–H and O–H groups in total. The molecule has 0 saturated carbocycles. The van der Waals surface area contributed by atoms with Crippen molar-refractivity contribution < 1.29 is 4.79 Å². The third-order valence-corrected chi connectivity index (χ3v) is 4.96. The molecule has 0 aromatic carbocycles. The summed E-state index contributed by atoms with van der Waals surface area (Å²) < 4.78 is 0. The molecule has 2 heterocycles. The second-order valence-corrected chi connectivity index (χ2v) is 7.23. The number of piperidine rings is 1. The number of carbonyl (C=O) groups is 1. The zero-order valence-electron chi connectivity index (χ0n) is 10.1. The molecule has 0 radical (unpaired) electrons. The molecule has 1 atom stereocenters. The first-order chi connectivity index (χ1) is 8.08. The summed E-state index contributed by atoms with van der Waals surface area (Å²) in [5.74, 6) is 0.846. The van der Waals surface area contributed by atoms with Crippen molar-refractivity contribution in [3.05, 3.63) is 16.1 Å². The number of rotatable bonds is 2. The van der Waals surface area contributed by atoms with Crippen molar-refractivity contribution in [1.29, 1.82) is 0 Å². The van der Waals surface area contributed by atoms with E-state index in [0.29, 0.717) is 10.7 Å². The Morgan fingerprint density at radius 1 is 1.59 bits per heavy atom. The van der Waals surface area contributed by atoms with Crippen molar-refractivity contribution in [2.75, 3.05) is 13.1 Å². The van der Waals surface area contributed by atoms with Gasteiger partial charge in [-0.2, -0.15) is 0 Å². The molecule has 1 aliphatic rings. The van der Waals surface area contributed by atoms with Gasteiger partial charge in [0.05, 0.1) is 11.2 Å². The van der Waals surface area contributed by atoms with Gasteiger partial charge in [0.15, 0.2) is 0 Å². The Hall–Kier alpha value is -0.420. The Balaban J connectivity index is 1.95. The van der Waals surface area contributed by atoms with Crippen LogP contribution >= 0.6 is 27.3 Å². The highest BCUT2D eigenvalue weighted by Gasteiger charge is 2.26. The zero-order valence-corrected chi connectivity index (χ0v) is 12.6. The van der Waals surface area contributed by atoms with E-state index >= 15 is 0 Å². The summed E-state index contributed by atoms with van der Waals surface area (Å²) in [6, 6.07) is 0. The molecule has 1 aromatic heterocycles. The van der Waals surface area contributed by atoms with Gasteiger partial charge >= 0.3 is 0 Å². The van der Waals surface area contributed by atoms with Crippen LogP contribution in [0.15, 0.2) is 6.20 Å². The Bertz CT molecular complexity index is 397. The van der Waals surface area contributed by atoms with E-state index in [4.69, 9.17) is 0 Å². The number of hydrogen-bond donors (Lipinski definition) is 0. The maximum atomic E-state index is 12.2. The summed E-state index contributed by atoms with van der Waals surface area (Å²) in [5.41, 5.74) is 0. The molecular weight excluding hydrogens is 300 g/mol. The molecule has 17 heavy (non-hydrogen) atoms. The standard InChI is InChI=1S/C12H17BrN2OS/c1-8(13)10-3-5-15(6-4-10)12(16)11-7-14-9(2)17-11/h7-8,10H,3-6H2,1-2H3. The first-order valence-electron chi connectivity index (χ1n) is 5.93. The largest absolute Gasteiger partial charge is 0.338 e. The number of nitrogens with zero attached hydrogens (tertiary/aromatic N) is 2. The molecule has 0 bridgehead atoms. The van der Waals surface area contributed by atoms with E-state index in [9.17, 15) is 4.79 Å². The smallest absolute Gasteiger partial charge is 0.265 e. The van der Waals surface area contributed by atoms with Gasteiger partial charge in [0.2, 0.25) is 0 Å². The zero-order chi connectivity index (χ0) is 12.4. The fraction of sp³-hybridized carbons (Fsp3) is 0.667. The predicted octanol–water partition coefficient (Wildman–Crippen LogP) is 3.09. The Kier molecular flexibility index (Phi) is 4.20. The highest BCUT2D eigenvalue weighted by atomic mass is 79.9. The number of carbonyl (C=O) groups excluding carboxylic acids is 1. The van der Waals surface area contributed by atoms with Gasteiger partial charge in [-0.1, -0.05) is 22.9 Å². The minimum absolute atomic E-state index is 0.149. The first kappa shape index (κ1) is 13.0. The molecule has 1 aliphatic heterocycles. The lowest BCUT2D eigenvalue weighted by Crippen LogP contribution is -2.39. The third kappa shape index (κ3) is 3.07. The Labute approximate surface area is 114 Å². The molecule has 0 aliphatic carbocycles. The Morgan fingerprint density at radius 3 is 2.71 bits per heavy atom. The van der Waals surface area contributed by atoms with Crippen LogP contribution in [-0.4, -0.2) is 33.7 Å². The number of aromatic nitrogens is 1. The molecule has 1 amide bonds. The number of hydrogen-bond acceptors (Lipinski definition) is 3. The van der Waals surface area contributed by atoms with E-state index in [2.05, 4.69) is 27.8 Å². The summed E-state index contributed by atoms with van der Waals surface area (Å²) in [6.45, 7) is 5.86. The molecule has 1 saturated heterocycles. The average Bonchev–Trinajstić information content (AvgIpc) is 2.75. The minimum Gasteiger partial charge on any atom is -0.338 e. The first-order valence-corrected chi connectivity index (χ1v) is 7.67. The molecule has 1 unspecified atom stereocenters. The summed E-state index contributed by atoms with van der Waals surface area (Å²) in [4.78, 5) is 19.6. The third-order valence-electron chi connectivity index (χ3n) is 3.31. The van der Waals surface area contributed by atoms with E-state index in [1.54, 1.807) is 6.20 Å². The normalized spacial score (nSPS) is 19.4. The molecule has 2 rings (SSSR count). The van der Waals surface area contributed by atoms with Gasteiger partial charge in [-0.15, -0.1) is 11.3 Å². The van der Waals surface area contributed by atoms with Gasteiger partial charge in [-0.3, -0.25) is 4.79 Å². The number of thiazole rings is 1. The van der Waals surface area contributed by atoms with Crippen LogP contribution < -0.4 is 0 Å². The molecule has 0 spiro atoms. The van der Waals surface area contributed by atoms with Gasteiger partial charge in [0.1, 0.15) is 4.88 Å². The van der Waals surface area contributed by atoms with Crippen molar-refractivity contribution in [3.8, 4) is 0 Å². The van der Waals surface area contributed by atoms with Crippen molar-refractivity contribution >= 4 is 33.2 Å². The quantitative estimate of drug-likeness (QED) is 0.785. The second-order valence-electron chi connectivity index (χ2n) is 4.55. The minimum atomic E-state index is 0.149. The van der Waals surface area contributed by atoms with E-state index in [-0.39, 0.29) is 5.91 Å². The van der Waals surface area contributed by atoms with E-state index < -0.39 is 0 Å². The fourth-order valence-corrected chi connectivity index (χ4v) is 3.45. The van der Waals surface area contributed by atoms with Crippen LogP contribution in [0.3, 0.4) is 0 Å². The van der Waals surface area contributed by atoms with Crippen LogP contribution in [0.4, 0.5) is 0 Å². The number of likely N-dealkylation sites (tertiary alicyclic amines) is 1. The molecule has 5 heteroatoms. The molecule has 1 fully saturated rings. The highest BCUT2D eigenvalue weighted by molar-refractivity contribution is 9.09. The van der Waals surface area contributed by atoms with E-state index in [0.717, 1.165) is 35.8 Å². The molecule has 94 valence electrons. The van der Waals surface area contributed by atoms with E-state index in [1.165, 1.54) is 11.3 Å². The molecule has 1 aromatic rings. The highest BCUT2D eigenvalue weighted by Crippen LogP contribution is 2.26. The lowest BCUT2D eigenvalue weighted by atomic mass is 9.94. The van der Waals surface area contributed by atoms with Gasteiger partial charge in [0.25, 0.3) is 5.91 Å². The van der Waals surface area contributed by atoms with Crippen LogP contribution in [0, 0.1) is 12.8 Å². The Morgan fingerprint density at radius 2 is 2.24 bits per heavy atom. The molecule has 3 nitrogen and oxygen atoms in total. The summed E-state index contributed by atoms with van der Waals surface area (Å²) in [6.07, 6.45) is 3.88. The van der Waals surface area contributed by atoms with Gasteiger partial charge < -0.3 is 4.90 Å². The lowest BCUT2D eigenvalue weighted by molar-refractivity contribution is 0.0696. The van der Waals surface area contributed by atoms with E-state index in [1.807, 2.05) is 11.8 Å². The van der Waals surface area contributed by atoms with Crippen molar-refractivity contribution in [2.24, 2.45) is 5.92 Å². The number of alkyl halides is 1.